The number of hydrogen-bond acceptors (Lipinski definition) is 5. The van der Waals surface area contributed by atoms with Gasteiger partial charge in [0.05, 0.1) is 4.21 Å². The number of thiophene rings is 1. The van der Waals surface area contributed by atoms with Gasteiger partial charge in [-0.05, 0) is 23.2 Å². The predicted molar refractivity (Wildman–Crippen MR) is 69.8 cm³/mol. The Kier molecular flexibility index (Phi) is 4.00. The lowest BCUT2D eigenvalue weighted by Crippen LogP contribution is -2.15. The lowest BCUT2D eigenvalue weighted by atomic mass is 10.4. The zero-order valence-corrected chi connectivity index (χ0v) is 11.7. The van der Waals surface area contributed by atoms with Crippen LogP contribution in [0, 0.1) is 0 Å². The van der Waals surface area contributed by atoms with E-state index in [9.17, 15) is 13.2 Å². The number of hydrogen-bond donors (Lipinski definition) is 0. The summed E-state index contributed by atoms with van der Waals surface area (Å²) in [6.07, 6.45) is -4.47. The molecule has 0 atom stereocenters. The average Bonchev–Trinajstić information content (AvgIpc) is 2.80. The second kappa shape index (κ2) is 5.38. The predicted octanol–water partition coefficient (Wildman–Crippen LogP) is 3.77. The number of halogens is 3. The molecule has 3 nitrogen and oxygen atoms in total. The van der Waals surface area contributed by atoms with Crippen LogP contribution in [-0.4, -0.2) is 24.1 Å². The van der Waals surface area contributed by atoms with E-state index >= 15 is 0 Å². The van der Waals surface area contributed by atoms with Crippen molar-refractivity contribution in [2.75, 3.05) is 19.0 Å². The first-order valence-electron chi connectivity index (χ1n) is 5.21. The molecular weight excluding hydrogens is 295 g/mol. The standard InChI is InChI=1S/C11H10F3N3S2/c1-17(2)8-6-7(11(12,13)14)15-10(16-8)19-9-4-3-5-18-9/h3-6H,1-2H3. The molecule has 0 fully saturated rings. The molecule has 0 unspecified atom stereocenters. The van der Waals surface area contributed by atoms with Gasteiger partial charge in [0.1, 0.15) is 5.82 Å². The highest BCUT2D eigenvalue weighted by atomic mass is 32.2. The normalized spacial score (nSPS) is 11.6. The molecule has 0 saturated carbocycles. The summed E-state index contributed by atoms with van der Waals surface area (Å²) >= 11 is 2.56. The van der Waals surface area contributed by atoms with Crippen molar-refractivity contribution in [3.63, 3.8) is 0 Å². The van der Waals surface area contributed by atoms with Crippen LogP contribution in [0.3, 0.4) is 0 Å². The highest BCUT2D eigenvalue weighted by Gasteiger charge is 2.34. The maximum Gasteiger partial charge on any atom is 0.433 e. The molecule has 2 rings (SSSR count). The summed E-state index contributed by atoms with van der Waals surface area (Å²) in [6.45, 7) is 0. The molecule has 0 radical (unpaired) electrons. The summed E-state index contributed by atoms with van der Waals surface area (Å²) in [4.78, 5) is 9.20. The van der Waals surface area contributed by atoms with Crippen LogP contribution in [0.25, 0.3) is 0 Å². The van der Waals surface area contributed by atoms with Gasteiger partial charge in [0.15, 0.2) is 10.9 Å². The number of nitrogens with zero attached hydrogens (tertiary/aromatic N) is 3. The van der Waals surface area contributed by atoms with Crippen LogP contribution in [0.2, 0.25) is 0 Å². The van der Waals surface area contributed by atoms with Crippen molar-refractivity contribution < 1.29 is 13.2 Å². The highest BCUT2D eigenvalue weighted by molar-refractivity contribution is 8.01. The lowest BCUT2D eigenvalue weighted by Gasteiger charge is -2.14. The first kappa shape index (κ1) is 14.1. The summed E-state index contributed by atoms with van der Waals surface area (Å²) in [5.74, 6) is 0.237. The van der Waals surface area contributed by atoms with E-state index in [0.717, 1.165) is 22.0 Å². The van der Waals surface area contributed by atoms with E-state index in [-0.39, 0.29) is 11.0 Å². The van der Waals surface area contributed by atoms with Crippen molar-refractivity contribution in [3.05, 3.63) is 29.3 Å². The molecule has 0 aromatic carbocycles. The number of aromatic nitrogens is 2. The fourth-order valence-corrected chi connectivity index (χ4v) is 2.89. The van der Waals surface area contributed by atoms with Crippen LogP contribution >= 0.6 is 23.1 Å². The maximum atomic E-state index is 12.8. The largest absolute Gasteiger partial charge is 0.433 e. The van der Waals surface area contributed by atoms with E-state index in [2.05, 4.69) is 9.97 Å². The molecule has 0 bridgehead atoms. The second-order valence-corrected chi connectivity index (χ2v) is 6.04. The molecule has 2 heterocycles. The summed E-state index contributed by atoms with van der Waals surface area (Å²) in [5, 5.41) is 1.95. The van der Waals surface area contributed by atoms with Crippen LogP contribution in [0.4, 0.5) is 19.0 Å². The van der Waals surface area contributed by atoms with E-state index in [1.165, 1.54) is 16.2 Å². The van der Waals surface area contributed by atoms with Crippen LogP contribution in [0.5, 0.6) is 0 Å². The summed E-state index contributed by atoms with van der Waals surface area (Å²) in [6, 6.07) is 4.58. The zero-order chi connectivity index (χ0) is 14.0. The second-order valence-electron chi connectivity index (χ2n) is 3.82. The molecule has 0 aliphatic carbocycles. The molecule has 19 heavy (non-hydrogen) atoms. The third kappa shape index (κ3) is 3.60. The fraction of sp³-hybridized carbons (Fsp3) is 0.273. The van der Waals surface area contributed by atoms with Crippen LogP contribution in [-0.2, 0) is 6.18 Å². The van der Waals surface area contributed by atoms with E-state index in [1.807, 2.05) is 17.5 Å². The van der Waals surface area contributed by atoms with Crippen molar-refractivity contribution >= 4 is 28.9 Å². The molecule has 0 N–H and O–H groups in total. The average molecular weight is 305 g/mol. The van der Waals surface area contributed by atoms with Gasteiger partial charge in [0.25, 0.3) is 0 Å². The minimum Gasteiger partial charge on any atom is -0.363 e. The topological polar surface area (TPSA) is 29.0 Å². The first-order chi connectivity index (χ1) is 8.86. The van der Waals surface area contributed by atoms with Crippen molar-refractivity contribution in [1.82, 2.24) is 9.97 Å². The molecule has 0 saturated heterocycles. The van der Waals surface area contributed by atoms with E-state index in [4.69, 9.17) is 0 Å². The monoisotopic (exact) mass is 305 g/mol. The zero-order valence-electron chi connectivity index (χ0n) is 10.1. The molecular formula is C11H10F3N3S2. The quantitative estimate of drug-likeness (QED) is 0.807. The Bertz CT molecular complexity index is 553. The first-order valence-corrected chi connectivity index (χ1v) is 6.91. The Labute approximate surface area is 116 Å². The van der Waals surface area contributed by atoms with Gasteiger partial charge >= 0.3 is 6.18 Å². The molecule has 0 aliphatic heterocycles. The number of alkyl halides is 3. The van der Waals surface area contributed by atoms with Crippen molar-refractivity contribution in [2.45, 2.75) is 15.5 Å². The van der Waals surface area contributed by atoms with Crippen LogP contribution in [0.15, 0.2) is 32.9 Å². The third-order valence-electron chi connectivity index (χ3n) is 2.13. The third-order valence-corrected chi connectivity index (χ3v) is 4.03. The van der Waals surface area contributed by atoms with Gasteiger partial charge in [0.2, 0.25) is 0 Å². The lowest BCUT2D eigenvalue weighted by molar-refractivity contribution is -0.141. The maximum absolute atomic E-state index is 12.8. The van der Waals surface area contributed by atoms with Gasteiger partial charge in [-0.1, -0.05) is 6.07 Å². The molecule has 8 heteroatoms. The van der Waals surface area contributed by atoms with E-state index in [0.29, 0.717) is 0 Å². The molecule has 0 spiro atoms. The highest BCUT2D eigenvalue weighted by Crippen LogP contribution is 2.34. The molecule has 102 valence electrons. The van der Waals surface area contributed by atoms with Gasteiger partial charge in [-0.15, -0.1) is 11.3 Å². The summed E-state index contributed by atoms with van der Waals surface area (Å²) in [7, 11) is 3.28. The van der Waals surface area contributed by atoms with Crippen LogP contribution < -0.4 is 4.90 Å². The Morgan fingerprint density at radius 3 is 2.53 bits per heavy atom. The minimum atomic E-state index is -4.47. The SMILES string of the molecule is CN(C)c1cc(C(F)(F)F)nc(Sc2cccs2)n1. The Morgan fingerprint density at radius 1 is 1.26 bits per heavy atom. The number of anilines is 1. The van der Waals surface area contributed by atoms with Gasteiger partial charge in [0, 0.05) is 20.2 Å². The molecule has 0 aliphatic rings. The van der Waals surface area contributed by atoms with Crippen molar-refractivity contribution in [2.24, 2.45) is 0 Å². The smallest absolute Gasteiger partial charge is 0.363 e. The Hall–Kier alpha value is -1.28. The Morgan fingerprint density at radius 2 is 2.00 bits per heavy atom. The summed E-state index contributed by atoms with van der Waals surface area (Å²) in [5.41, 5.74) is -0.926. The summed E-state index contributed by atoms with van der Waals surface area (Å²) < 4.78 is 39.2. The number of rotatable bonds is 3. The van der Waals surface area contributed by atoms with Gasteiger partial charge in [-0.25, -0.2) is 9.97 Å². The van der Waals surface area contributed by atoms with Crippen molar-refractivity contribution in [1.29, 1.82) is 0 Å². The molecule has 0 amide bonds. The van der Waals surface area contributed by atoms with Gasteiger partial charge < -0.3 is 4.90 Å². The van der Waals surface area contributed by atoms with Gasteiger partial charge in [-0.2, -0.15) is 13.2 Å². The van der Waals surface area contributed by atoms with E-state index < -0.39 is 11.9 Å². The van der Waals surface area contributed by atoms with Crippen LogP contribution in [0.1, 0.15) is 5.69 Å². The van der Waals surface area contributed by atoms with Crippen molar-refractivity contribution in [3.8, 4) is 0 Å². The molecule has 2 aromatic heterocycles. The van der Waals surface area contributed by atoms with Gasteiger partial charge in [-0.3, -0.25) is 0 Å². The van der Waals surface area contributed by atoms with E-state index in [1.54, 1.807) is 14.1 Å². The fourth-order valence-electron chi connectivity index (χ4n) is 1.24. The Balaban J connectivity index is 2.40. The minimum absolute atomic E-state index is 0.0981. The molecule has 2 aromatic rings.